The maximum Gasteiger partial charge on any atom is 0.243 e. The molecule has 1 N–H and O–H groups in total. The molecule has 1 atom stereocenters. The van der Waals surface area contributed by atoms with E-state index >= 15 is 0 Å². The molecule has 0 saturated carbocycles. The van der Waals surface area contributed by atoms with E-state index in [0.717, 1.165) is 30.3 Å². The largest absolute Gasteiger partial charge is 0.506 e. The molecule has 1 aromatic heterocycles. The van der Waals surface area contributed by atoms with Gasteiger partial charge in [0.1, 0.15) is 17.4 Å². The van der Waals surface area contributed by atoms with Gasteiger partial charge in [-0.2, -0.15) is 9.57 Å². The summed E-state index contributed by atoms with van der Waals surface area (Å²) in [5.74, 6) is 0.108. The highest BCUT2D eigenvalue weighted by Crippen LogP contribution is 2.29. The number of hydrogen-bond donors (Lipinski definition) is 1. The van der Waals surface area contributed by atoms with Gasteiger partial charge in [-0.15, -0.1) is 0 Å². The van der Waals surface area contributed by atoms with Crippen LogP contribution in [0.2, 0.25) is 0 Å². The van der Waals surface area contributed by atoms with Crippen molar-refractivity contribution >= 4 is 32.4 Å². The van der Waals surface area contributed by atoms with Crippen molar-refractivity contribution in [2.24, 2.45) is 7.05 Å². The van der Waals surface area contributed by atoms with Crippen LogP contribution < -0.4 is 0 Å². The topological polar surface area (TPSA) is 99.2 Å². The number of para-hydroxylation sites is 2. The predicted octanol–water partition coefficient (Wildman–Crippen LogP) is 4.09. The van der Waals surface area contributed by atoms with Gasteiger partial charge in [-0.05, 0) is 56.2 Å². The Morgan fingerprint density at radius 2 is 1.87 bits per heavy atom. The van der Waals surface area contributed by atoms with E-state index < -0.39 is 10.0 Å². The van der Waals surface area contributed by atoms with Gasteiger partial charge in [-0.25, -0.2) is 13.4 Å². The summed E-state index contributed by atoms with van der Waals surface area (Å²) in [4.78, 5) is 4.66. The van der Waals surface area contributed by atoms with Crippen molar-refractivity contribution in [2.75, 3.05) is 6.54 Å². The number of imidazole rings is 1. The molecule has 7 nitrogen and oxygen atoms in total. The van der Waals surface area contributed by atoms with Crippen molar-refractivity contribution in [2.45, 2.75) is 37.1 Å². The fraction of sp³-hybridized carbons (Fsp3) is 0.304. The Balaban J connectivity index is 1.71. The SMILES string of the molecule is CC1CCCCN1S(=O)(=O)c1ccc(/C(O)=C(\C#N)c2nc3ccccc3n2C)cc1. The number of allylic oxidation sites excluding steroid dienone is 1. The number of piperidine rings is 1. The summed E-state index contributed by atoms with van der Waals surface area (Å²) in [6, 6.07) is 15.5. The number of hydrogen-bond acceptors (Lipinski definition) is 5. The Morgan fingerprint density at radius 1 is 1.16 bits per heavy atom. The van der Waals surface area contributed by atoms with Gasteiger partial charge < -0.3 is 9.67 Å². The molecule has 1 fully saturated rings. The molecule has 160 valence electrons. The second-order valence-corrected chi connectivity index (χ2v) is 9.69. The molecule has 1 unspecified atom stereocenters. The Labute approximate surface area is 181 Å². The normalized spacial score (nSPS) is 18.5. The van der Waals surface area contributed by atoms with Crippen molar-refractivity contribution < 1.29 is 13.5 Å². The minimum absolute atomic E-state index is 0.0268. The van der Waals surface area contributed by atoms with E-state index in [1.54, 1.807) is 15.9 Å². The van der Waals surface area contributed by atoms with Gasteiger partial charge in [0, 0.05) is 25.2 Å². The summed E-state index contributed by atoms with van der Waals surface area (Å²) in [5.41, 5.74) is 1.95. The molecule has 0 bridgehead atoms. The molecular formula is C23H24N4O3S. The van der Waals surface area contributed by atoms with Gasteiger partial charge in [-0.1, -0.05) is 18.6 Å². The Hall–Kier alpha value is -3.15. The van der Waals surface area contributed by atoms with E-state index in [4.69, 9.17) is 0 Å². The number of aryl methyl sites for hydroxylation is 1. The first kappa shape index (κ1) is 21.1. The van der Waals surface area contributed by atoms with Crippen LogP contribution in [-0.4, -0.2) is 40.0 Å². The molecule has 1 aliphatic heterocycles. The lowest BCUT2D eigenvalue weighted by atomic mass is 10.1. The molecule has 2 aromatic carbocycles. The van der Waals surface area contributed by atoms with Gasteiger partial charge in [0.05, 0.1) is 15.9 Å². The van der Waals surface area contributed by atoms with Gasteiger partial charge in [-0.3, -0.25) is 0 Å². The van der Waals surface area contributed by atoms with Crippen molar-refractivity contribution in [1.82, 2.24) is 13.9 Å². The van der Waals surface area contributed by atoms with E-state index in [9.17, 15) is 18.8 Å². The molecule has 8 heteroatoms. The van der Waals surface area contributed by atoms with Gasteiger partial charge >= 0.3 is 0 Å². The predicted molar refractivity (Wildman–Crippen MR) is 119 cm³/mol. The average Bonchev–Trinajstić information content (AvgIpc) is 3.11. The zero-order valence-corrected chi connectivity index (χ0v) is 18.3. The molecule has 2 heterocycles. The molecule has 0 radical (unpaired) electrons. The highest BCUT2D eigenvalue weighted by atomic mass is 32.2. The highest BCUT2D eigenvalue weighted by Gasteiger charge is 2.31. The Bertz CT molecular complexity index is 1300. The molecule has 0 spiro atoms. The van der Waals surface area contributed by atoms with Crippen LogP contribution in [0.1, 0.15) is 37.6 Å². The Morgan fingerprint density at radius 3 is 2.52 bits per heavy atom. The quantitative estimate of drug-likeness (QED) is 0.491. The molecule has 1 saturated heterocycles. The van der Waals surface area contributed by atoms with Crippen LogP contribution in [0.25, 0.3) is 22.4 Å². The van der Waals surface area contributed by atoms with Crippen LogP contribution in [0.5, 0.6) is 0 Å². The molecule has 1 aliphatic rings. The van der Waals surface area contributed by atoms with Crippen molar-refractivity contribution in [3.63, 3.8) is 0 Å². The number of nitriles is 1. The summed E-state index contributed by atoms with van der Waals surface area (Å²) >= 11 is 0. The fourth-order valence-corrected chi connectivity index (χ4v) is 5.77. The third-order valence-electron chi connectivity index (χ3n) is 5.84. The molecule has 3 aromatic rings. The third kappa shape index (κ3) is 3.71. The maximum atomic E-state index is 13.0. The average molecular weight is 437 g/mol. The molecule has 4 rings (SSSR count). The van der Waals surface area contributed by atoms with E-state index in [1.807, 2.05) is 37.3 Å². The van der Waals surface area contributed by atoms with Crippen LogP contribution in [0.3, 0.4) is 0 Å². The lowest BCUT2D eigenvalue weighted by Gasteiger charge is -2.32. The zero-order chi connectivity index (χ0) is 22.2. The van der Waals surface area contributed by atoms with Crippen LogP contribution in [0.4, 0.5) is 0 Å². The maximum absolute atomic E-state index is 13.0. The smallest absolute Gasteiger partial charge is 0.243 e. The minimum atomic E-state index is -3.60. The van der Waals surface area contributed by atoms with E-state index in [1.165, 1.54) is 24.3 Å². The number of benzene rings is 2. The summed E-state index contributed by atoms with van der Waals surface area (Å²) in [6.45, 7) is 2.44. The Kier molecular flexibility index (Phi) is 5.56. The molecular weight excluding hydrogens is 412 g/mol. The number of aromatic nitrogens is 2. The number of nitrogens with zero attached hydrogens (tertiary/aromatic N) is 4. The van der Waals surface area contributed by atoms with Gasteiger partial charge in [0.15, 0.2) is 5.82 Å². The number of aliphatic hydroxyl groups is 1. The first-order valence-corrected chi connectivity index (χ1v) is 11.7. The van der Waals surface area contributed by atoms with Crippen molar-refractivity contribution in [3.05, 3.63) is 59.9 Å². The van der Waals surface area contributed by atoms with Crippen LogP contribution in [0, 0.1) is 11.3 Å². The number of fused-ring (bicyclic) bond motifs is 1. The lowest BCUT2D eigenvalue weighted by Crippen LogP contribution is -2.41. The molecule has 31 heavy (non-hydrogen) atoms. The van der Waals surface area contributed by atoms with Crippen LogP contribution >= 0.6 is 0 Å². The van der Waals surface area contributed by atoms with Crippen molar-refractivity contribution in [1.29, 1.82) is 5.26 Å². The van der Waals surface area contributed by atoms with Crippen LogP contribution in [0.15, 0.2) is 53.4 Å². The monoisotopic (exact) mass is 436 g/mol. The van der Waals surface area contributed by atoms with Gasteiger partial charge in [0.2, 0.25) is 10.0 Å². The summed E-state index contributed by atoms with van der Waals surface area (Å²) < 4.78 is 29.3. The lowest BCUT2D eigenvalue weighted by molar-refractivity contribution is 0.268. The van der Waals surface area contributed by atoms with Gasteiger partial charge in [0.25, 0.3) is 0 Å². The molecule has 0 amide bonds. The summed E-state index contributed by atoms with van der Waals surface area (Å²) in [7, 11) is -1.82. The standard InChI is InChI=1S/C23H24N4O3S/c1-16-7-5-6-14-27(16)31(29,30)18-12-10-17(11-13-18)22(28)19(15-24)23-25-20-8-3-4-9-21(20)26(23)2/h3-4,8-13,16,28H,5-7,14H2,1-2H3/b22-19-. The first-order valence-electron chi connectivity index (χ1n) is 10.2. The number of sulfonamides is 1. The van der Waals surface area contributed by atoms with Crippen LogP contribution in [-0.2, 0) is 17.1 Å². The van der Waals surface area contributed by atoms with E-state index in [2.05, 4.69) is 4.98 Å². The zero-order valence-electron chi connectivity index (χ0n) is 17.5. The minimum Gasteiger partial charge on any atom is -0.506 e. The van der Waals surface area contributed by atoms with E-state index in [0.29, 0.717) is 17.9 Å². The second kappa shape index (κ2) is 8.17. The summed E-state index contributed by atoms with van der Waals surface area (Å²) in [6.07, 6.45) is 2.74. The second-order valence-electron chi connectivity index (χ2n) is 7.80. The first-order chi connectivity index (χ1) is 14.8. The van der Waals surface area contributed by atoms with Crippen molar-refractivity contribution in [3.8, 4) is 6.07 Å². The molecule has 0 aliphatic carbocycles. The van der Waals surface area contributed by atoms with E-state index in [-0.39, 0.29) is 22.3 Å². The highest BCUT2D eigenvalue weighted by molar-refractivity contribution is 7.89. The summed E-state index contributed by atoms with van der Waals surface area (Å²) in [5, 5.41) is 20.5. The fourth-order valence-electron chi connectivity index (χ4n) is 4.07. The number of rotatable bonds is 4. The third-order valence-corrected chi connectivity index (χ3v) is 7.86. The number of aliphatic hydroxyl groups excluding tert-OH is 1.